The molecular weight excluding hydrogens is 1180 g/mol. The quantitative estimate of drug-likeness (QED) is 0.0472. The van der Waals surface area contributed by atoms with Gasteiger partial charge in [0.15, 0.2) is 0 Å². The second-order valence-corrected chi connectivity index (χ2v) is 20.7. The molecule has 0 spiro atoms. The third-order valence-electron chi connectivity index (χ3n) is 9.75. The predicted molar refractivity (Wildman–Crippen MR) is 333 cm³/mol. The molecule has 0 bridgehead atoms. The molecule has 0 saturated carbocycles. The second-order valence-electron chi connectivity index (χ2n) is 20.7. The first kappa shape index (κ1) is 97.4. The molecule has 0 radical (unpaired) electrons. The molecule has 30 heteroatoms. The van der Waals surface area contributed by atoms with Gasteiger partial charge in [0.05, 0.1) is 66.6 Å². The summed E-state index contributed by atoms with van der Waals surface area (Å²) < 4.78 is 52.0. The van der Waals surface area contributed by atoms with Crippen molar-refractivity contribution >= 4 is 53.7 Å². The van der Waals surface area contributed by atoms with Gasteiger partial charge in [0.25, 0.3) is 0 Å². The lowest BCUT2D eigenvalue weighted by atomic mass is 10.2. The van der Waals surface area contributed by atoms with Crippen LogP contribution in [0.5, 0.6) is 0 Å². The lowest BCUT2D eigenvalue weighted by molar-refractivity contribution is -0.152. The minimum Gasteiger partial charge on any atom is -0.469 e. The van der Waals surface area contributed by atoms with E-state index in [9.17, 15) is 48.3 Å². The first-order chi connectivity index (χ1) is 41.5. The fourth-order valence-electron chi connectivity index (χ4n) is 5.76. The Kier molecular flexibility index (Phi) is 76.8. The zero-order valence-electron chi connectivity index (χ0n) is 57.7. The van der Waals surface area contributed by atoms with Crippen LogP contribution in [0.25, 0.3) is 0 Å². The lowest BCUT2D eigenvalue weighted by Gasteiger charge is -2.28. The van der Waals surface area contributed by atoms with Gasteiger partial charge in [-0.25, -0.2) is 0 Å². The number of likely N-dealkylation sites (N-methyl/N-ethyl adjacent to an activating group) is 1. The van der Waals surface area contributed by atoms with Crippen molar-refractivity contribution in [3.05, 3.63) is 0 Å². The van der Waals surface area contributed by atoms with E-state index >= 15 is 0 Å². The number of morpholine rings is 2. The summed E-state index contributed by atoms with van der Waals surface area (Å²) in [6.45, 7) is 32.8. The molecule has 0 aromatic heterocycles. The number of nitrogens with zero attached hydrogens (tertiary/aromatic N) is 6. The van der Waals surface area contributed by atoms with Gasteiger partial charge >= 0.3 is 53.7 Å². The van der Waals surface area contributed by atoms with Crippen LogP contribution in [0.1, 0.15) is 102 Å². The van der Waals surface area contributed by atoms with Crippen LogP contribution < -0.4 is 0 Å². The number of esters is 9. The van der Waals surface area contributed by atoms with Crippen molar-refractivity contribution in [2.45, 2.75) is 114 Å². The van der Waals surface area contributed by atoms with Crippen LogP contribution >= 0.6 is 0 Å². The van der Waals surface area contributed by atoms with E-state index in [1.807, 2.05) is 72.9 Å². The zero-order chi connectivity index (χ0) is 70.0. The molecule has 1 unspecified atom stereocenters. The molecule has 0 aromatic carbocycles. The summed E-state index contributed by atoms with van der Waals surface area (Å²) in [6.07, 6.45) is 2.35. The van der Waals surface area contributed by atoms with Crippen molar-refractivity contribution in [3.63, 3.8) is 0 Å². The molecule has 2 heterocycles. The van der Waals surface area contributed by atoms with Crippen LogP contribution in [0.15, 0.2) is 0 Å². The van der Waals surface area contributed by atoms with Crippen LogP contribution in [0, 0.1) is 0 Å². The van der Waals surface area contributed by atoms with Gasteiger partial charge < -0.3 is 87.2 Å². The van der Waals surface area contributed by atoms with E-state index < -0.39 is 6.10 Å². The Bertz CT molecular complexity index is 1710. The van der Waals surface area contributed by atoms with Gasteiger partial charge in [0, 0.05) is 134 Å². The maximum absolute atomic E-state index is 10.5. The van der Waals surface area contributed by atoms with E-state index in [1.54, 1.807) is 0 Å². The van der Waals surface area contributed by atoms with Gasteiger partial charge in [-0.2, -0.15) is 0 Å². The van der Waals surface area contributed by atoms with Gasteiger partial charge in [0.1, 0.15) is 44.7 Å². The number of hydrogen-bond donors (Lipinski definition) is 4. The molecule has 530 valence electrons. The maximum atomic E-state index is 10.5. The molecule has 0 amide bonds. The first-order valence-corrected chi connectivity index (χ1v) is 29.5. The number of carbonyl (C=O) groups excluding carboxylic acids is 9. The van der Waals surface area contributed by atoms with E-state index in [-0.39, 0.29) is 92.4 Å². The number of methoxy groups -OCH3 is 1. The number of rotatable bonds is 28. The van der Waals surface area contributed by atoms with Crippen LogP contribution in [-0.2, 0) is 95.3 Å². The molecule has 30 nitrogen and oxygen atoms in total. The fraction of sp³-hybridized carbons (Fsp3) is 0.847. The van der Waals surface area contributed by atoms with E-state index in [4.69, 9.17) is 53.2 Å². The summed E-state index contributed by atoms with van der Waals surface area (Å²) in [5.74, 6) is -2.29. The van der Waals surface area contributed by atoms with Crippen molar-refractivity contribution in [1.82, 2.24) is 29.4 Å². The van der Waals surface area contributed by atoms with Gasteiger partial charge in [0.2, 0.25) is 0 Å². The maximum Gasteiger partial charge on any atom is 0.303 e. The highest BCUT2D eigenvalue weighted by Gasteiger charge is 2.16. The summed E-state index contributed by atoms with van der Waals surface area (Å²) in [5.41, 5.74) is -0.328. The summed E-state index contributed by atoms with van der Waals surface area (Å²) in [6, 6.07) is 0. The van der Waals surface area contributed by atoms with Crippen molar-refractivity contribution in [1.29, 1.82) is 0 Å². The van der Waals surface area contributed by atoms with E-state index in [0.29, 0.717) is 72.4 Å². The number of aliphatic hydroxyl groups is 4. The molecule has 0 aromatic rings. The zero-order valence-corrected chi connectivity index (χ0v) is 57.7. The minimum absolute atomic E-state index is 0.0417. The Labute approximate surface area is 531 Å². The monoisotopic (exact) mass is 1300 g/mol. The fourth-order valence-corrected chi connectivity index (χ4v) is 5.76. The third-order valence-corrected chi connectivity index (χ3v) is 9.75. The summed E-state index contributed by atoms with van der Waals surface area (Å²) in [5, 5.41) is 34.8. The number of hydrogen-bond acceptors (Lipinski definition) is 30. The van der Waals surface area contributed by atoms with E-state index in [0.717, 1.165) is 84.8 Å². The predicted octanol–water partition coefficient (Wildman–Crippen LogP) is 0.533. The summed E-state index contributed by atoms with van der Waals surface area (Å²) >= 11 is 0. The van der Waals surface area contributed by atoms with Crippen molar-refractivity contribution < 1.29 is 116 Å². The van der Waals surface area contributed by atoms with E-state index in [1.165, 1.54) is 69.4 Å². The van der Waals surface area contributed by atoms with Gasteiger partial charge in [-0.15, -0.1) is 0 Å². The second kappa shape index (κ2) is 70.2. The Morgan fingerprint density at radius 1 is 0.427 bits per heavy atom. The summed E-state index contributed by atoms with van der Waals surface area (Å²) in [4.78, 5) is 104. The van der Waals surface area contributed by atoms with Crippen molar-refractivity contribution in [2.75, 3.05) is 220 Å². The Morgan fingerprint density at radius 3 is 1.10 bits per heavy atom. The van der Waals surface area contributed by atoms with Crippen LogP contribution in [0.4, 0.5) is 0 Å². The molecule has 2 rings (SSSR count). The number of β-amino-alcohol motifs (C(OH)–C–C–N with tert-alkyl or cyclic N) is 1. The Morgan fingerprint density at radius 2 is 0.775 bits per heavy atom. The molecule has 4 N–H and O–H groups in total. The first-order valence-electron chi connectivity index (χ1n) is 29.5. The van der Waals surface area contributed by atoms with Crippen molar-refractivity contribution in [3.8, 4) is 0 Å². The Balaban J connectivity index is -0.000000172. The highest BCUT2D eigenvalue weighted by Crippen LogP contribution is 2.06. The highest BCUT2D eigenvalue weighted by molar-refractivity contribution is 5.68. The molecule has 2 aliphatic rings. The largest absolute Gasteiger partial charge is 0.469 e. The SMILES string of the molecule is CC(=O)OC(C)(C)C.CC(=O)OCC(O)CN1CCOCC1.CC(=O)OCCCCN(C)C.CC(=O)OCCCN(C)C.CC(=O)OCCN(C)C.CC(=O)OCCN(CCO)CCO.CC(=O)OCCN1CCOCC1.CC(=O)OCCO.COC(C)=O. The highest BCUT2D eigenvalue weighted by atomic mass is 16.6. The minimum atomic E-state index is -0.600. The number of unbranched alkanes of at least 4 members (excludes halogenated alkanes) is 1. The van der Waals surface area contributed by atoms with Crippen molar-refractivity contribution in [2.24, 2.45) is 0 Å². The molecule has 2 aliphatic heterocycles. The smallest absolute Gasteiger partial charge is 0.303 e. The lowest BCUT2D eigenvalue weighted by Crippen LogP contribution is -2.42. The van der Waals surface area contributed by atoms with Crippen LogP contribution in [0.3, 0.4) is 0 Å². The molecule has 2 fully saturated rings. The average molecular weight is 1300 g/mol. The summed E-state index contributed by atoms with van der Waals surface area (Å²) in [7, 11) is 13.3. The topological polar surface area (TPSA) is 356 Å². The molecule has 89 heavy (non-hydrogen) atoms. The average Bonchev–Trinajstić information content (AvgIpc) is 3.56. The Hall–Kier alpha value is -5.25. The number of ether oxygens (including phenoxy) is 11. The van der Waals surface area contributed by atoms with Crippen LogP contribution in [-0.4, -0.2) is 336 Å². The van der Waals surface area contributed by atoms with Crippen LogP contribution in [0.2, 0.25) is 0 Å². The molecule has 0 aliphatic carbocycles. The molecule has 1 atom stereocenters. The van der Waals surface area contributed by atoms with Gasteiger partial charge in [-0.1, -0.05) is 0 Å². The number of aliphatic hydroxyl groups excluding tert-OH is 4. The van der Waals surface area contributed by atoms with Gasteiger partial charge in [-0.3, -0.25) is 57.9 Å². The molecular formula is C59H120N6O24. The third kappa shape index (κ3) is 111. The normalized spacial score (nSPS) is 12.7. The molecule has 2 saturated heterocycles. The number of carbonyl (C=O) groups is 9. The van der Waals surface area contributed by atoms with E-state index in [2.05, 4.69) is 33.8 Å². The van der Waals surface area contributed by atoms with Gasteiger partial charge in [-0.05, 0) is 88.9 Å². The standard InChI is InChI=1S/C9H17NO4.C8H17NO4.C8H15NO3.C8H17NO2.C7H15NO2.C6H13NO2.C6H12O2.C4H8O3.C3H6O2/c1-8(11)14-7-9(12)6-10-2-4-13-5-3-10;1-8(12)13-7-4-9(2-5-10)3-6-11;1-8(10)12-7-4-9-2-5-11-6-3-9;1-8(10)11-7-5-4-6-9(2)3;1-7(9)10-6-4-5-8(2)3;1-6(8)9-5-4-7(2)3;1-5(7)8-6(2,3)4;1-4(6)7-3-2-5;1-3(4)5-2/h9,12H,2-7H2,1H3;10-11H,2-7H2,1H3;2-7H2,1H3;4-7H2,1-3H3;4-6H2,1-3H3;4-5H2,1-3H3;1-4H3;5H,2-3H2,1H3;1-2H3.